The number of phenols is 1. The Labute approximate surface area is 279 Å². The van der Waals surface area contributed by atoms with Crippen molar-refractivity contribution in [1.82, 2.24) is 0 Å². The first-order valence-electron chi connectivity index (χ1n) is 15.6. The zero-order valence-electron chi connectivity index (χ0n) is 27.4. The normalized spacial score (nSPS) is 11.8. The molecule has 5 aromatic carbocycles. The number of ether oxygens (including phenoxy) is 1. The fourth-order valence-electron chi connectivity index (χ4n) is 5.94. The molecular formula is C38H38N4O4S. The van der Waals surface area contributed by atoms with Crippen LogP contribution in [0.15, 0.2) is 89.8 Å². The highest BCUT2D eigenvalue weighted by atomic mass is 32.2. The number of carbonyl (C=O) groups is 2. The second-order valence-corrected chi connectivity index (χ2v) is 12.7. The van der Waals surface area contributed by atoms with Gasteiger partial charge in [-0.1, -0.05) is 42.5 Å². The zero-order chi connectivity index (χ0) is 33.4. The number of benzene rings is 5. The van der Waals surface area contributed by atoms with Crippen LogP contribution in [0.2, 0.25) is 0 Å². The lowest BCUT2D eigenvalue weighted by atomic mass is 10.0. The summed E-state index contributed by atoms with van der Waals surface area (Å²) in [6.45, 7) is 9.86. The standard InChI is InChI=1S/C38H38N4O4S/c1-7-41(8-2)31-22-34-32(19-24(31)4)42(30-18-17-25(40(5)6)20-33(30)46-34)38(45)47-35-21-28(36(43)27-15-11-10-14-26(27)35)37(44)39-29-16-12-9-13-23(29)3/h9-22,43H,7-8H2,1-6H3,(H,39,44). The van der Waals surface area contributed by atoms with E-state index >= 15 is 0 Å². The molecule has 5 aromatic rings. The number of aryl methyl sites for hydroxylation is 2. The first kappa shape index (κ1) is 31.8. The molecule has 0 aliphatic carbocycles. The third-order valence-electron chi connectivity index (χ3n) is 8.54. The molecule has 9 heteroatoms. The number of hydrogen-bond acceptors (Lipinski definition) is 7. The molecule has 6 rings (SSSR count). The lowest BCUT2D eigenvalue weighted by Gasteiger charge is -2.33. The van der Waals surface area contributed by atoms with E-state index in [9.17, 15) is 14.7 Å². The number of thioether (sulfide) groups is 1. The summed E-state index contributed by atoms with van der Waals surface area (Å²) in [7, 11) is 3.92. The Morgan fingerprint density at radius 2 is 1.51 bits per heavy atom. The van der Waals surface area contributed by atoms with E-state index in [-0.39, 0.29) is 16.6 Å². The summed E-state index contributed by atoms with van der Waals surface area (Å²) in [5.41, 5.74) is 5.91. The van der Waals surface area contributed by atoms with Gasteiger partial charge in [0.2, 0.25) is 0 Å². The monoisotopic (exact) mass is 646 g/mol. The van der Waals surface area contributed by atoms with Crippen molar-refractivity contribution >= 4 is 62.1 Å². The van der Waals surface area contributed by atoms with Gasteiger partial charge in [-0.25, -0.2) is 0 Å². The first-order valence-corrected chi connectivity index (χ1v) is 16.4. The molecule has 1 aliphatic heterocycles. The third-order valence-corrected chi connectivity index (χ3v) is 9.45. The topological polar surface area (TPSA) is 85.4 Å². The number of nitrogens with one attached hydrogen (secondary N) is 1. The van der Waals surface area contributed by atoms with Gasteiger partial charge in [0.15, 0.2) is 11.5 Å². The Bertz CT molecular complexity index is 2020. The minimum atomic E-state index is -0.463. The molecule has 8 nitrogen and oxygen atoms in total. The predicted molar refractivity (Wildman–Crippen MR) is 194 cm³/mol. The number of carbonyl (C=O) groups excluding carboxylic acids is 2. The highest BCUT2D eigenvalue weighted by Gasteiger charge is 2.32. The van der Waals surface area contributed by atoms with E-state index in [2.05, 4.69) is 24.1 Å². The zero-order valence-corrected chi connectivity index (χ0v) is 28.2. The number of fused-ring (bicyclic) bond motifs is 3. The van der Waals surface area contributed by atoms with E-state index in [0.717, 1.165) is 47.4 Å². The quantitative estimate of drug-likeness (QED) is 0.170. The Kier molecular flexibility index (Phi) is 8.75. The van der Waals surface area contributed by atoms with E-state index in [4.69, 9.17) is 4.74 Å². The van der Waals surface area contributed by atoms with E-state index in [1.165, 1.54) is 0 Å². The van der Waals surface area contributed by atoms with Crippen LogP contribution in [0.3, 0.4) is 0 Å². The SMILES string of the molecule is CCN(CC)c1cc2c(cc1C)N(C(=O)Sc1cc(C(=O)Nc3ccccc3C)c(O)c3ccccc13)c1ccc(N(C)C)cc1O2. The highest BCUT2D eigenvalue weighted by molar-refractivity contribution is 8.14. The van der Waals surface area contributed by atoms with E-state index in [0.29, 0.717) is 44.2 Å². The van der Waals surface area contributed by atoms with Crippen LogP contribution >= 0.6 is 11.8 Å². The maximum absolute atomic E-state index is 14.5. The minimum Gasteiger partial charge on any atom is -0.506 e. The number of anilines is 5. The predicted octanol–water partition coefficient (Wildman–Crippen LogP) is 9.48. The summed E-state index contributed by atoms with van der Waals surface area (Å²) in [5, 5.41) is 15.1. The molecule has 47 heavy (non-hydrogen) atoms. The van der Waals surface area contributed by atoms with Gasteiger partial charge in [-0.2, -0.15) is 0 Å². The van der Waals surface area contributed by atoms with Crippen LogP contribution < -0.4 is 24.8 Å². The highest BCUT2D eigenvalue weighted by Crippen LogP contribution is 2.51. The van der Waals surface area contributed by atoms with Crippen molar-refractivity contribution in [2.75, 3.05) is 47.2 Å². The first-order chi connectivity index (χ1) is 22.6. The van der Waals surface area contributed by atoms with Gasteiger partial charge in [0, 0.05) is 66.7 Å². The van der Waals surface area contributed by atoms with Gasteiger partial charge in [-0.3, -0.25) is 14.5 Å². The van der Waals surface area contributed by atoms with Gasteiger partial charge in [0.25, 0.3) is 11.1 Å². The molecule has 1 aliphatic rings. The van der Waals surface area contributed by atoms with Gasteiger partial charge in [-0.15, -0.1) is 0 Å². The second-order valence-electron chi connectivity index (χ2n) is 11.7. The number of rotatable bonds is 7. The van der Waals surface area contributed by atoms with Crippen LogP contribution in [0, 0.1) is 13.8 Å². The number of nitrogens with zero attached hydrogens (tertiary/aromatic N) is 3. The fourth-order valence-corrected chi connectivity index (χ4v) is 6.88. The van der Waals surface area contributed by atoms with Crippen LogP contribution in [0.4, 0.5) is 33.2 Å². The van der Waals surface area contributed by atoms with Gasteiger partial charge < -0.3 is 25.0 Å². The lowest BCUT2D eigenvalue weighted by molar-refractivity contribution is 0.102. The fraction of sp³-hybridized carbons (Fsp3) is 0.211. The number of hydrogen-bond donors (Lipinski definition) is 2. The molecule has 0 fully saturated rings. The molecule has 0 atom stereocenters. The van der Waals surface area contributed by atoms with Crippen LogP contribution in [-0.2, 0) is 0 Å². The van der Waals surface area contributed by atoms with Crippen LogP contribution in [0.25, 0.3) is 10.8 Å². The molecule has 2 N–H and O–H groups in total. The Balaban J connectivity index is 1.45. The van der Waals surface area contributed by atoms with Crippen molar-refractivity contribution in [3.05, 3.63) is 102 Å². The molecule has 0 unspecified atom stereocenters. The van der Waals surface area contributed by atoms with Gasteiger partial charge in [-0.05, 0) is 86.3 Å². The van der Waals surface area contributed by atoms with Crippen molar-refractivity contribution in [3.8, 4) is 17.2 Å². The van der Waals surface area contributed by atoms with Crippen molar-refractivity contribution < 1.29 is 19.4 Å². The summed E-state index contributed by atoms with van der Waals surface area (Å²) in [4.78, 5) is 34.6. The molecular weight excluding hydrogens is 609 g/mol. The van der Waals surface area contributed by atoms with Crippen LogP contribution in [0.5, 0.6) is 17.2 Å². The number of phenolic OH excluding ortho intramolecular Hbond substituents is 1. The van der Waals surface area contributed by atoms with Gasteiger partial charge in [0.05, 0.1) is 16.9 Å². The van der Waals surface area contributed by atoms with Crippen LogP contribution in [-0.4, -0.2) is 43.4 Å². The largest absolute Gasteiger partial charge is 0.506 e. The molecule has 240 valence electrons. The van der Waals surface area contributed by atoms with Crippen LogP contribution in [0.1, 0.15) is 35.3 Å². The van der Waals surface area contributed by atoms with E-state index < -0.39 is 5.91 Å². The van der Waals surface area contributed by atoms with Crippen molar-refractivity contribution in [2.45, 2.75) is 32.6 Å². The Morgan fingerprint density at radius 1 is 0.830 bits per heavy atom. The van der Waals surface area contributed by atoms with Crippen molar-refractivity contribution in [3.63, 3.8) is 0 Å². The molecule has 0 aromatic heterocycles. The number of amides is 2. The van der Waals surface area contributed by atoms with Gasteiger partial charge >= 0.3 is 0 Å². The summed E-state index contributed by atoms with van der Waals surface area (Å²) < 4.78 is 6.49. The van der Waals surface area contributed by atoms with Crippen molar-refractivity contribution in [2.24, 2.45) is 0 Å². The maximum Gasteiger partial charge on any atom is 0.295 e. The van der Waals surface area contributed by atoms with Crippen molar-refractivity contribution in [1.29, 1.82) is 0 Å². The smallest absolute Gasteiger partial charge is 0.295 e. The molecule has 0 spiro atoms. The molecule has 0 saturated heterocycles. The lowest BCUT2D eigenvalue weighted by Crippen LogP contribution is -2.27. The third kappa shape index (κ3) is 5.94. The summed E-state index contributed by atoms with van der Waals surface area (Å²) >= 11 is 1.01. The summed E-state index contributed by atoms with van der Waals surface area (Å²) in [5.74, 6) is 0.556. The number of aromatic hydroxyl groups is 1. The average molecular weight is 647 g/mol. The van der Waals surface area contributed by atoms with E-state index in [1.807, 2.05) is 99.6 Å². The minimum absolute atomic E-state index is 0.0837. The van der Waals surface area contributed by atoms with Gasteiger partial charge in [0.1, 0.15) is 5.75 Å². The molecule has 2 amide bonds. The molecule has 0 bridgehead atoms. The molecule has 0 saturated carbocycles. The Hall–Kier alpha value is -5.15. The second kappa shape index (κ2) is 12.9. The van der Waals surface area contributed by atoms with E-state index in [1.54, 1.807) is 23.1 Å². The molecule has 0 radical (unpaired) electrons. The Morgan fingerprint density at radius 3 is 2.21 bits per heavy atom. The average Bonchev–Trinajstić information content (AvgIpc) is 3.06. The maximum atomic E-state index is 14.5. The molecule has 1 heterocycles. The number of para-hydroxylation sites is 1. The summed E-state index contributed by atoms with van der Waals surface area (Å²) in [6.07, 6.45) is 0. The summed E-state index contributed by atoms with van der Waals surface area (Å²) in [6, 6.07) is 26.1.